The Hall–Kier alpha value is -2.24. The summed E-state index contributed by atoms with van der Waals surface area (Å²) in [5.41, 5.74) is -0.502. The zero-order chi connectivity index (χ0) is 24.1. The largest absolute Gasteiger partial charge is 0.444 e. The highest BCUT2D eigenvalue weighted by molar-refractivity contribution is 7.89. The molecule has 2 aliphatic rings. The fourth-order valence-corrected chi connectivity index (χ4v) is 5.40. The van der Waals surface area contributed by atoms with E-state index in [2.05, 4.69) is 15.2 Å². The lowest BCUT2D eigenvalue weighted by atomic mass is 9.97. The van der Waals surface area contributed by atoms with Gasteiger partial charge in [-0.2, -0.15) is 4.31 Å². The van der Waals surface area contributed by atoms with Crippen LogP contribution in [0.1, 0.15) is 33.6 Å². The topological polar surface area (TPSA) is 112 Å². The molecule has 0 radical (unpaired) electrons. The van der Waals surface area contributed by atoms with Crippen LogP contribution >= 0.6 is 0 Å². The number of sulfonamides is 1. The first-order chi connectivity index (χ1) is 15.6. The summed E-state index contributed by atoms with van der Waals surface area (Å²) >= 11 is 0. The van der Waals surface area contributed by atoms with Crippen molar-refractivity contribution >= 4 is 22.0 Å². The van der Waals surface area contributed by atoms with Crippen molar-refractivity contribution in [3.8, 4) is 0 Å². The van der Waals surface area contributed by atoms with Gasteiger partial charge in [-0.25, -0.2) is 13.2 Å². The number of piperidine rings is 1. The number of piperazine rings is 1. The van der Waals surface area contributed by atoms with E-state index in [9.17, 15) is 18.0 Å². The molecule has 33 heavy (non-hydrogen) atoms. The maximum Gasteiger partial charge on any atom is 0.410 e. The molecule has 184 valence electrons. The fourth-order valence-electron chi connectivity index (χ4n) is 3.97. The molecule has 2 fully saturated rings. The zero-order valence-electron chi connectivity index (χ0n) is 19.7. The van der Waals surface area contributed by atoms with E-state index < -0.39 is 15.6 Å². The SMILES string of the molecule is CC(C)(C)OC(=O)N1CCN(CCNC(=O)C2CCN(S(=O)(=O)c3cccnc3)CC2)CC1. The van der Waals surface area contributed by atoms with Gasteiger partial charge in [-0.1, -0.05) is 0 Å². The van der Waals surface area contributed by atoms with Crippen LogP contribution in [0.5, 0.6) is 0 Å². The number of carbonyl (C=O) groups is 2. The predicted molar refractivity (Wildman–Crippen MR) is 123 cm³/mol. The predicted octanol–water partition coefficient (Wildman–Crippen LogP) is 1.15. The molecule has 0 aromatic carbocycles. The first-order valence-electron chi connectivity index (χ1n) is 11.4. The van der Waals surface area contributed by atoms with Crippen molar-refractivity contribution in [2.75, 3.05) is 52.4 Å². The van der Waals surface area contributed by atoms with E-state index in [-0.39, 0.29) is 22.8 Å². The fraction of sp³-hybridized carbons (Fsp3) is 0.682. The summed E-state index contributed by atoms with van der Waals surface area (Å²) in [6.07, 6.45) is 3.60. The Morgan fingerprint density at radius 1 is 1.12 bits per heavy atom. The van der Waals surface area contributed by atoms with Crippen LogP contribution in [-0.2, 0) is 19.6 Å². The summed E-state index contributed by atoms with van der Waals surface area (Å²) in [4.78, 5) is 32.7. The van der Waals surface area contributed by atoms with Gasteiger partial charge in [0.2, 0.25) is 15.9 Å². The number of aromatic nitrogens is 1. The molecular weight excluding hydrogens is 446 g/mol. The molecule has 0 aliphatic carbocycles. The molecule has 0 unspecified atom stereocenters. The molecule has 1 aromatic heterocycles. The number of rotatable bonds is 6. The van der Waals surface area contributed by atoms with E-state index in [4.69, 9.17) is 4.74 Å². The van der Waals surface area contributed by atoms with Crippen LogP contribution in [0.25, 0.3) is 0 Å². The number of nitrogens with one attached hydrogen (secondary N) is 1. The molecular formula is C22H35N5O5S. The summed E-state index contributed by atoms with van der Waals surface area (Å²) in [6.45, 7) is 10.1. The smallest absolute Gasteiger partial charge is 0.410 e. The molecule has 0 atom stereocenters. The van der Waals surface area contributed by atoms with E-state index in [1.807, 2.05) is 20.8 Å². The molecule has 3 heterocycles. The highest BCUT2D eigenvalue weighted by Gasteiger charge is 2.32. The summed E-state index contributed by atoms with van der Waals surface area (Å²) in [5.74, 6) is -0.213. The second-order valence-corrected chi connectivity index (χ2v) is 11.4. The quantitative estimate of drug-likeness (QED) is 0.649. The Morgan fingerprint density at radius 2 is 1.79 bits per heavy atom. The molecule has 1 N–H and O–H groups in total. The van der Waals surface area contributed by atoms with Crippen LogP contribution in [0.2, 0.25) is 0 Å². The number of carbonyl (C=O) groups excluding carboxylic acids is 2. The summed E-state index contributed by atoms with van der Waals surface area (Å²) in [7, 11) is -3.57. The lowest BCUT2D eigenvalue weighted by Crippen LogP contribution is -2.51. The highest BCUT2D eigenvalue weighted by Crippen LogP contribution is 2.23. The average molecular weight is 482 g/mol. The number of ether oxygens (including phenoxy) is 1. The Morgan fingerprint density at radius 3 is 2.36 bits per heavy atom. The molecule has 1 aromatic rings. The maximum absolute atomic E-state index is 12.7. The van der Waals surface area contributed by atoms with Gasteiger partial charge in [0.25, 0.3) is 0 Å². The number of pyridine rings is 1. The van der Waals surface area contributed by atoms with Gasteiger partial charge in [0.15, 0.2) is 0 Å². The minimum Gasteiger partial charge on any atom is -0.444 e. The van der Waals surface area contributed by atoms with Crippen LogP contribution in [0.4, 0.5) is 4.79 Å². The van der Waals surface area contributed by atoms with Crippen molar-refractivity contribution in [3.05, 3.63) is 24.5 Å². The van der Waals surface area contributed by atoms with E-state index in [1.165, 1.54) is 22.8 Å². The first kappa shape index (κ1) is 25.4. The summed E-state index contributed by atoms with van der Waals surface area (Å²) in [5, 5.41) is 2.99. The second kappa shape index (κ2) is 10.8. The average Bonchev–Trinajstić information content (AvgIpc) is 2.79. The van der Waals surface area contributed by atoms with Crippen LogP contribution in [-0.4, -0.2) is 97.5 Å². The third kappa shape index (κ3) is 7.12. The van der Waals surface area contributed by atoms with Gasteiger partial charge >= 0.3 is 6.09 Å². The number of nitrogens with zero attached hydrogens (tertiary/aromatic N) is 4. The zero-order valence-corrected chi connectivity index (χ0v) is 20.5. The molecule has 2 saturated heterocycles. The Labute approximate surface area is 196 Å². The van der Waals surface area contributed by atoms with Crippen molar-refractivity contribution in [2.45, 2.75) is 44.1 Å². The van der Waals surface area contributed by atoms with Crippen molar-refractivity contribution in [3.63, 3.8) is 0 Å². The standard InChI is InChI=1S/C22H35N5O5S/c1-22(2,3)32-21(29)26-15-13-25(14-16-26)12-9-24-20(28)18-6-10-27(11-7-18)33(30,31)19-5-4-8-23-17-19/h4-5,8,17-18H,6-7,9-16H2,1-3H3,(H,24,28). The number of amides is 2. The number of hydrogen-bond donors (Lipinski definition) is 1. The molecule has 3 rings (SSSR count). The van der Waals surface area contributed by atoms with E-state index in [1.54, 1.807) is 11.0 Å². The van der Waals surface area contributed by atoms with Gasteiger partial charge in [-0.3, -0.25) is 14.7 Å². The normalized spacial score (nSPS) is 19.3. The van der Waals surface area contributed by atoms with Gasteiger partial charge < -0.3 is 15.0 Å². The molecule has 0 spiro atoms. The lowest BCUT2D eigenvalue weighted by molar-refractivity contribution is -0.126. The Balaban J connectivity index is 1.35. The third-order valence-electron chi connectivity index (χ3n) is 5.85. The minimum atomic E-state index is -3.57. The minimum absolute atomic E-state index is 0.0270. The van der Waals surface area contributed by atoms with Crippen LogP contribution in [0.3, 0.4) is 0 Å². The highest BCUT2D eigenvalue weighted by atomic mass is 32.2. The Kier molecular flexibility index (Phi) is 8.30. The molecule has 11 heteroatoms. The second-order valence-electron chi connectivity index (χ2n) is 9.47. The van der Waals surface area contributed by atoms with Crippen molar-refractivity contribution in [1.82, 2.24) is 24.4 Å². The monoisotopic (exact) mass is 481 g/mol. The molecule has 2 amide bonds. The maximum atomic E-state index is 12.7. The third-order valence-corrected chi connectivity index (χ3v) is 7.73. The summed E-state index contributed by atoms with van der Waals surface area (Å²) in [6, 6.07) is 3.14. The van der Waals surface area contributed by atoms with Gasteiger partial charge in [-0.15, -0.1) is 0 Å². The molecule has 10 nitrogen and oxygen atoms in total. The molecule has 0 saturated carbocycles. The van der Waals surface area contributed by atoms with E-state index in [0.29, 0.717) is 52.1 Å². The van der Waals surface area contributed by atoms with Gasteiger partial charge in [0.05, 0.1) is 0 Å². The van der Waals surface area contributed by atoms with Crippen LogP contribution < -0.4 is 5.32 Å². The van der Waals surface area contributed by atoms with E-state index >= 15 is 0 Å². The first-order valence-corrected chi connectivity index (χ1v) is 12.9. The van der Waals surface area contributed by atoms with Crippen molar-refractivity contribution in [2.24, 2.45) is 5.92 Å². The molecule has 0 bridgehead atoms. The van der Waals surface area contributed by atoms with Crippen molar-refractivity contribution in [1.29, 1.82) is 0 Å². The Bertz CT molecular complexity index is 903. The van der Waals surface area contributed by atoms with Gasteiger partial charge in [0, 0.05) is 70.7 Å². The van der Waals surface area contributed by atoms with Crippen LogP contribution in [0.15, 0.2) is 29.4 Å². The summed E-state index contributed by atoms with van der Waals surface area (Å²) < 4.78 is 32.2. The van der Waals surface area contributed by atoms with E-state index in [0.717, 1.165) is 13.1 Å². The van der Waals surface area contributed by atoms with Crippen LogP contribution in [0, 0.1) is 5.92 Å². The van der Waals surface area contributed by atoms with Gasteiger partial charge in [0.1, 0.15) is 10.5 Å². The number of hydrogen-bond acceptors (Lipinski definition) is 7. The van der Waals surface area contributed by atoms with Gasteiger partial charge in [-0.05, 0) is 45.7 Å². The molecule has 2 aliphatic heterocycles. The van der Waals surface area contributed by atoms with Crippen molar-refractivity contribution < 1.29 is 22.7 Å². The lowest BCUT2D eigenvalue weighted by Gasteiger charge is -2.35.